The molecule has 0 radical (unpaired) electrons. The molecule has 0 bridgehead atoms. The number of carbonyl (C=O) groups is 2. The van der Waals surface area contributed by atoms with Crippen LogP contribution in [0.1, 0.15) is 42.2 Å². The Morgan fingerprint density at radius 3 is 2.33 bits per heavy atom. The number of hydrogen-bond acceptors (Lipinski definition) is 3. The van der Waals surface area contributed by atoms with Crippen molar-refractivity contribution in [1.29, 1.82) is 0 Å². The molecule has 0 atom stereocenters. The zero-order chi connectivity index (χ0) is 23.1. The number of piperidine rings is 1. The molecule has 1 fully saturated rings. The van der Waals surface area contributed by atoms with Crippen LogP contribution in [0.2, 0.25) is 0 Å². The zero-order valence-corrected chi connectivity index (χ0v) is 19.2. The van der Waals surface area contributed by atoms with Crippen molar-refractivity contribution in [3.8, 4) is 11.1 Å². The van der Waals surface area contributed by atoms with Crippen LogP contribution in [0.15, 0.2) is 79.0 Å². The first-order valence-corrected chi connectivity index (χ1v) is 11.7. The molecule has 0 spiro atoms. The van der Waals surface area contributed by atoms with Crippen molar-refractivity contribution in [3.63, 3.8) is 0 Å². The van der Waals surface area contributed by atoms with Crippen LogP contribution in [0.25, 0.3) is 11.1 Å². The number of pyridine rings is 1. The van der Waals surface area contributed by atoms with Crippen molar-refractivity contribution in [2.75, 3.05) is 19.6 Å². The van der Waals surface area contributed by atoms with Gasteiger partial charge in [0.15, 0.2) is 0 Å². The summed E-state index contributed by atoms with van der Waals surface area (Å²) in [6.07, 6.45) is 4.45. The summed E-state index contributed by atoms with van der Waals surface area (Å²) < 4.78 is 0. The maximum absolute atomic E-state index is 13.5. The van der Waals surface area contributed by atoms with Crippen molar-refractivity contribution in [1.82, 2.24) is 15.2 Å². The van der Waals surface area contributed by atoms with E-state index < -0.39 is 5.41 Å². The molecule has 3 aromatic rings. The number of hydrogen-bond donors (Lipinski definition) is 1. The fourth-order valence-electron chi connectivity index (χ4n) is 4.64. The summed E-state index contributed by atoms with van der Waals surface area (Å²) in [7, 11) is 0. The molecule has 2 aromatic carbocycles. The van der Waals surface area contributed by atoms with Gasteiger partial charge in [0.1, 0.15) is 5.69 Å². The molecule has 2 heterocycles. The molecule has 1 aliphatic rings. The van der Waals surface area contributed by atoms with Crippen LogP contribution in [-0.4, -0.2) is 41.3 Å². The molecule has 2 amide bonds. The van der Waals surface area contributed by atoms with Crippen LogP contribution >= 0.6 is 0 Å². The summed E-state index contributed by atoms with van der Waals surface area (Å²) in [5, 5.41) is 3.14. The molecule has 1 saturated heterocycles. The van der Waals surface area contributed by atoms with Crippen LogP contribution in [-0.2, 0) is 11.2 Å². The minimum atomic E-state index is -0.541. The number of benzene rings is 2. The highest BCUT2D eigenvalue weighted by atomic mass is 16.2. The van der Waals surface area contributed by atoms with Crippen LogP contribution in [0, 0.1) is 5.41 Å². The molecule has 5 heteroatoms. The molecule has 4 rings (SSSR count). The second-order valence-corrected chi connectivity index (χ2v) is 8.74. The van der Waals surface area contributed by atoms with E-state index in [0.717, 1.165) is 17.5 Å². The number of nitrogens with zero attached hydrogens (tertiary/aromatic N) is 2. The van der Waals surface area contributed by atoms with Gasteiger partial charge in [0.2, 0.25) is 5.91 Å². The Labute approximate surface area is 195 Å². The number of amides is 2. The third-order valence-corrected chi connectivity index (χ3v) is 6.54. The quantitative estimate of drug-likeness (QED) is 0.576. The third kappa shape index (κ3) is 5.14. The third-order valence-electron chi connectivity index (χ3n) is 6.54. The predicted octanol–water partition coefficient (Wildman–Crippen LogP) is 4.74. The summed E-state index contributed by atoms with van der Waals surface area (Å²) in [5.41, 5.74) is 3.39. The lowest BCUT2D eigenvalue weighted by Gasteiger charge is -2.41. The summed E-state index contributed by atoms with van der Waals surface area (Å²) >= 11 is 0. The van der Waals surface area contributed by atoms with E-state index in [4.69, 9.17) is 0 Å². The number of likely N-dealkylation sites (tertiary alicyclic amines) is 1. The fraction of sp³-hybridized carbons (Fsp3) is 0.321. The first-order chi connectivity index (χ1) is 16.1. The minimum Gasteiger partial charge on any atom is -0.356 e. The van der Waals surface area contributed by atoms with Crippen LogP contribution in [0.4, 0.5) is 0 Å². The smallest absolute Gasteiger partial charge is 0.272 e. The lowest BCUT2D eigenvalue weighted by Crippen LogP contribution is -2.51. The maximum atomic E-state index is 13.5. The van der Waals surface area contributed by atoms with Gasteiger partial charge in [-0.2, -0.15) is 0 Å². The van der Waals surface area contributed by atoms with Gasteiger partial charge in [0, 0.05) is 25.8 Å². The molecule has 1 aliphatic heterocycles. The first kappa shape index (κ1) is 22.7. The van der Waals surface area contributed by atoms with E-state index in [9.17, 15) is 9.59 Å². The van der Waals surface area contributed by atoms with Gasteiger partial charge in [-0.15, -0.1) is 0 Å². The molecule has 5 nitrogen and oxygen atoms in total. The van der Waals surface area contributed by atoms with Gasteiger partial charge < -0.3 is 10.2 Å². The van der Waals surface area contributed by atoms with E-state index in [-0.39, 0.29) is 11.8 Å². The van der Waals surface area contributed by atoms with Crippen molar-refractivity contribution in [2.45, 2.75) is 32.6 Å². The molecule has 170 valence electrons. The predicted molar refractivity (Wildman–Crippen MR) is 131 cm³/mol. The van der Waals surface area contributed by atoms with Crippen molar-refractivity contribution in [3.05, 3.63) is 90.3 Å². The van der Waals surface area contributed by atoms with Gasteiger partial charge >= 0.3 is 0 Å². The Bertz CT molecular complexity index is 1070. The van der Waals surface area contributed by atoms with Gasteiger partial charge in [0.05, 0.1) is 5.41 Å². The monoisotopic (exact) mass is 441 g/mol. The van der Waals surface area contributed by atoms with Crippen molar-refractivity contribution >= 4 is 11.8 Å². The number of aromatic nitrogens is 1. The molecule has 0 aliphatic carbocycles. The van der Waals surface area contributed by atoms with E-state index in [2.05, 4.69) is 41.5 Å². The Morgan fingerprint density at radius 1 is 0.939 bits per heavy atom. The largest absolute Gasteiger partial charge is 0.356 e. The second-order valence-electron chi connectivity index (χ2n) is 8.74. The standard InChI is InChI=1S/C28H31N3O2/c1-2-17-30-27(33)28(15-19-31(20-16-28)26(32)25-14-8-9-18-29-25)21-23-12-6-7-13-24(23)22-10-4-3-5-11-22/h3-14,18H,2,15-17,19-21H2,1H3,(H,30,33). The van der Waals surface area contributed by atoms with Gasteiger partial charge in [-0.3, -0.25) is 14.6 Å². The lowest BCUT2D eigenvalue weighted by atomic mass is 9.72. The Hall–Kier alpha value is -3.47. The highest BCUT2D eigenvalue weighted by Crippen LogP contribution is 2.38. The van der Waals surface area contributed by atoms with Crippen LogP contribution in [0.3, 0.4) is 0 Å². The van der Waals surface area contributed by atoms with Gasteiger partial charge in [-0.1, -0.05) is 67.6 Å². The Balaban J connectivity index is 1.59. The molecule has 1 aromatic heterocycles. The van der Waals surface area contributed by atoms with Crippen molar-refractivity contribution < 1.29 is 9.59 Å². The molecular weight excluding hydrogens is 410 g/mol. The molecule has 0 saturated carbocycles. The topological polar surface area (TPSA) is 62.3 Å². The second kappa shape index (κ2) is 10.4. The van der Waals surface area contributed by atoms with E-state index in [1.54, 1.807) is 18.3 Å². The highest BCUT2D eigenvalue weighted by Gasteiger charge is 2.42. The Kier molecular flexibility index (Phi) is 7.18. The summed E-state index contributed by atoms with van der Waals surface area (Å²) in [6.45, 7) is 3.81. The van der Waals surface area contributed by atoms with Gasteiger partial charge in [0.25, 0.3) is 5.91 Å². The average Bonchev–Trinajstić information content (AvgIpc) is 2.88. The molecular formula is C28H31N3O2. The van der Waals surface area contributed by atoms with Crippen LogP contribution < -0.4 is 5.32 Å². The first-order valence-electron chi connectivity index (χ1n) is 11.7. The molecule has 1 N–H and O–H groups in total. The number of carbonyl (C=O) groups excluding carboxylic acids is 2. The normalized spacial score (nSPS) is 15.1. The Morgan fingerprint density at radius 2 is 1.64 bits per heavy atom. The van der Waals surface area contributed by atoms with Gasteiger partial charge in [-0.05, 0) is 54.5 Å². The summed E-state index contributed by atoms with van der Waals surface area (Å²) in [5.74, 6) is 0.0278. The fourth-order valence-corrected chi connectivity index (χ4v) is 4.64. The maximum Gasteiger partial charge on any atom is 0.272 e. The SMILES string of the molecule is CCCNC(=O)C1(Cc2ccccc2-c2ccccc2)CCN(C(=O)c2ccccn2)CC1. The summed E-state index contributed by atoms with van der Waals surface area (Å²) in [4.78, 5) is 32.4. The van der Waals surface area contributed by atoms with Gasteiger partial charge in [-0.25, -0.2) is 0 Å². The lowest BCUT2D eigenvalue weighted by molar-refractivity contribution is -0.133. The number of nitrogens with one attached hydrogen (secondary N) is 1. The van der Waals surface area contributed by atoms with E-state index >= 15 is 0 Å². The van der Waals surface area contributed by atoms with E-state index in [0.29, 0.717) is 44.6 Å². The average molecular weight is 442 g/mol. The summed E-state index contributed by atoms with van der Waals surface area (Å²) in [6, 6.07) is 24.0. The van der Waals surface area contributed by atoms with E-state index in [1.807, 2.05) is 41.3 Å². The van der Waals surface area contributed by atoms with Crippen LogP contribution in [0.5, 0.6) is 0 Å². The number of rotatable bonds is 7. The van der Waals surface area contributed by atoms with E-state index in [1.165, 1.54) is 5.56 Å². The minimum absolute atomic E-state index is 0.0668. The molecule has 33 heavy (non-hydrogen) atoms. The molecule has 0 unspecified atom stereocenters. The zero-order valence-electron chi connectivity index (χ0n) is 19.2. The highest BCUT2D eigenvalue weighted by molar-refractivity contribution is 5.92. The van der Waals surface area contributed by atoms with Crippen molar-refractivity contribution in [2.24, 2.45) is 5.41 Å².